The summed E-state index contributed by atoms with van der Waals surface area (Å²) in [5.41, 5.74) is 1.89. The molecule has 1 aromatic heterocycles. The summed E-state index contributed by atoms with van der Waals surface area (Å²) in [6, 6.07) is 16.1. The summed E-state index contributed by atoms with van der Waals surface area (Å²) in [6.07, 6.45) is 5.04. The maximum absolute atomic E-state index is 12.6. The van der Waals surface area contributed by atoms with Crippen LogP contribution in [0.3, 0.4) is 0 Å². The topological polar surface area (TPSA) is 36.4 Å². The van der Waals surface area contributed by atoms with Gasteiger partial charge in [-0.05, 0) is 50.6 Å². The number of likely N-dealkylation sites (tertiary alicyclic amines) is 1. The Hall–Kier alpha value is -2.20. The van der Waals surface area contributed by atoms with Crippen molar-refractivity contribution >= 4 is 5.91 Å². The van der Waals surface area contributed by atoms with Gasteiger partial charge in [-0.3, -0.25) is 14.7 Å². The SMILES string of the molecule is CN(Cc1ccccn1)[C@@H]1CCCN(C(=O)c2ccccc2)CC1. The van der Waals surface area contributed by atoms with Gasteiger partial charge in [0, 0.05) is 37.4 Å². The van der Waals surface area contributed by atoms with Gasteiger partial charge in [0.2, 0.25) is 0 Å². The third-order valence-corrected chi connectivity index (χ3v) is 4.77. The Morgan fingerprint density at radius 2 is 1.92 bits per heavy atom. The fraction of sp³-hybridized carbons (Fsp3) is 0.400. The molecule has 3 rings (SSSR count). The van der Waals surface area contributed by atoms with E-state index in [1.165, 1.54) is 0 Å². The van der Waals surface area contributed by atoms with Crippen molar-refractivity contribution in [2.75, 3.05) is 20.1 Å². The number of pyridine rings is 1. The van der Waals surface area contributed by atoms with Crippen molar-refractivity contribution in [1.29, 1.82) is 0 Å². The highest BCUT2D eigenvalue weighted by molar-refractivity contribution is 5.94. The Kier molecular flexibility index (Phi) is 5.59. The molecule has 2 heterocycles. The minimum atomic E-state index is 0.156. The van der Waals surface area contributed by atoms with E-state index >= 15 is 0 Å². The van der Waals surface area contributed by atoms with Gasteiger partial charge < -0.3 is 4.90 Å². The van der Waals surface area contributed by atoms with Crippen LogP contribution >= 0.6 is 0 Å². The van der Waals surface area contributed by atoms with Crippen LogP contribution in [0.4, 0.5) is 0 Å². The Morgan fingerprint density at radius 1 is 1.12 bits per heavy atom. The molecule has 1 amide bonds. The Morgan fingerprint density at radius 3 is 2.67 bits per heavy atom. The maximum Gasteiger partial charge on any atom is 0.253 e. The minimum Gasteiger partial charge on any atom is -0.339 e. The molecule has 126 valence electrons. The monoisotopic (exact) mass is 323 g/mol. The van der Waals surface area contributed by atoms with Crippen LogP contribution in [-0.4, -0.2) is 46.9 Å². The maximum atomic E-state index is 12.6. The van der Waals surface area contributed by atoms with Crippen LogP contribution in [0.25, 0.3) is 0 Å². The summed E-state index contributed by atoms with van der Waals surface area (Å²) in [5.74, 6) is 0.156. The van der Waals surface area contributed by atoms with E-state index in [1.807, 2.05) is 53.6 Å². The zero-order valence-electron chi connectivity index (χ0n) is 14.3. The zero-order valence-corrected chi connectivity index (χ0v) is 14.3. The standard InChI is InChI=1S/C20H25N3O/c1-22(16-18-10-5-6-13-21-18)19-11-7-14-23(15-12-19)20(24)17-8-3-2-4-9-17/h2-6,8-10,13,19H,7,11-12,14-16H2,1H3/t19-/m1/s1. The molecule has 0 spiro atoms. The number of hydrogen-bond acceptors (Lipinski definition) is 3. The fourth-order valence-corrected chi connectivity index (χ4v) is 3.36. The Balaban J connectivity index is 1.57. The van der Waals surface area contributed by atoms with Crippen molar-refractivity contribution in [1.82, 2.24) is 14.8 Å². The summed E-state index contributed by atoms with van der Waals surface area (Å²) in [4.78, 5) is 21.4. The van der Waals surface area contributed by atoms with Crippen molar-refractivity contribution in [2.45, 2.75) is 31.8 Å². The predicted molar refractivity (Wildman–Crippen MR) is 95.7 cm³/mol. The van der Waals surface area contributed by atoms with Gasteiger partial charge in [0.1, 0.15) is 0 Å². The second-order valence-electron chi connectivity index (χ2n) is 6.48. The van der Waals surface area contributed by atoms with E-state index < -0.39 is 0 Å². The van der Waals surface area contributed by atoms with Crippen molar-refractivity contribution in [3.8, 4) is 0 Å². The summed E-state index contributed by atoms with van der Waals surface area (Å²) >= 11 is 0. The van der Waals surface area contributed by atoms with E-state index in [4.69, 9.17) is 0 Å². The summed E-state index contributed by atoms with van der Waals surface area (Å²) < 4.78 is 0. The lowest BCUT2D eigenvalue weighted by molar-refractivity contribution is 0.0757. The number of hydrogen-bond donors (Lipinski definition) is 0. The van der Waals surface area contributed by atoms with E-state index in [9.17, 15) is 4.79 Å². The molecule has 0 saturated carbocycles. The van der Waals surface area contributed by atoms with E-state index in [2.05, 4.69) is 23.0 Å². The third kappa shape index (κ3) is 4.20. The molecule has 1 saturated heterocycles. The van der Waals surface area contributed by atoms with Gasteiger partial charge in [-0.2, -0.15) is 0 Å². The molecule has 1 aromatic carbocycles. The van der Waals surface area contributed by atoms with Crippen LogP contribution in [0, 0.1) is 0 Å². The molecular formula is C20H25N3O. The average Bonchev–Trinajstić information content (AvgIpc) is 2.89. The van der Waals surface area contributed by atoms with Gasteiger partial charge in [-0.1, -0.05) is 24.3 Å². The summed E-state index contributed by atoms with van der Waals surface area (Å²) in [6.45, 7) is 2.53. The Labute approximate surface area is 144 Å². The lowest BCUT2D eigenvalue weighted by Gasteiger charge is -2.27. The van der Waals surface area contributed by atoms with Gasteiger partial charge in [0.15, 0.2) is 0 Å². The molecule has 4 heteroatoms. The molecular weight excluding hydrogens is 298 g/mol. The molecule has 0 N–H and O–H groups in total. The largest absolute Gasteiger partial charge is 0.339 e. The predicted octanol–water partition coefficient (Wildman–Crippen LogP) is 3.21. The van der Waals surface area contributed by atoms with Gasteiger partial charge in [-0.25, -0.2) is 0 Å². The lowest BCUT2D eigenvalue weighted by Crippen LogP contribution is -2.35. The first kappa shape index (κ1) is 16.7. The molecule has 4 nitrogen and oxygen atoms in total. The van der Waals surface area contributed by atoms with Crippen LogP contribution in [0.15, 0.2) is 54.7 Å². The highest BCUT2D eigenvalue weighted by Crippen LogP contribution is 2.19. The number of nitrogens with zero attached hydrogens (tertiary/aromatic N) is 3. The normalized spacial score (nSPS) is 18.4. The molecule has 0 radical (unpaired) electrons. The molecule has 0 unspecified atom stereocenters. The van der Waals surface area contributed by atoms with Crippen LogP contribution in [0.5, 0.6) is 0 Å². The van der Waals surface area contributed by atoms with E-state index in [0.717, 1.165) is 50.2 Å². The first-order valence-corrected chi connectivity index (χ1v) is 8.68. The van der Waals surface area contributed by atoms with Crippen molar-refractivity contribution in [3.63, 3.8) is 0 Å². The summed E-state index contributed by atoms with van der Waals surface area (Å²) in [5, 5.41) is 0. The number of benzene rings is 1. The molecule has 0 bridgehead atoms. The van der Waals surface area contributed by atoms with Gasteiger partial charge in [-0.15, -0.1) is 0 Å². The van der Waals surface area contributed by atoms with Crippen molar-refractivity contribution in [3.05, 3.63) is 66.0 Å². The summed E-state index contributed by atoms with van der Waals surface area (Å²) in [7, 11) is 2.16. The smallest absolute Gasteiger partial charge is 0.253 e. The molecule has 1 aliphatic heterocycles. The van der Waals surface area contributed by atoms with Gasteiger partial charge in [0.25, 0.3) is 5.91 Å². The highest BCUT2D eigenvalue weighted by atomic mass is 16.2. The van der Waals surface area contributed by atoms with Crippen LogP contribution in [-0.2, 0) is 6.54 Å². The van der Waals surface area contributed by atoms with Crippen LogP contribution in [0.1, 0.15) is 35.3 Å². The quantitative estimate of drug-likeness (QED) is 0.867. The number of aromatic nitrogens is 1. The second-order valence-corrected chi connectivity index (χ2v) is 6.48. The fourth-order valence-electron chi connectivity index (χ4n) is 3.36. The number of carbonyl (C=O) groups is 1. The van der Waals surface area contributed by atoms with Gasteiger partial charge >= 0.3 is 0 Å². The minimum absolute atomic E-state index is 0.156. The van der Waals surface area contributed by atoms with Crippen molar-refractivity contribution < 1.29 is 4.79 Å². The lowest BCUT2D eigenvalue weighted by atomic mass is 10.1. The molecule has 1 atom stereocenters. The second kappa shape index (κ2) is 8.06. The Bertz CT molecular complexity index is 644. The number of carbonyl (C=O) groups excluding carboxylic acids is 1. The van der Waals surface area contributed by atoms with E-state index in [-0.39, 0.29) is 5.91 Å². The molecule has 1 fully saturated rings. The average molecular weight is 323 g/mol. The zero-order chi connectivity index (χ0) is 16.8. The van der Waals surface area contributed by atoms with Crippen LogP contribution < -0.4 is 0 Å². The van der Waals surface area contributed by atoms with E-state index in [1.54, 1.807) is 0 Å². The van der Waals surface area contributed by atoms with Crippen molar-refractivity contribution in [2.24, 2.45) is 0 Å². The molecule has 0 aliphatic carbocycles. The molecule has 2 aromatic rings. The van der Waals surface area contributed by atoms with Gasteiger partial charge in [0.05, 0.1) is 5.69 Å². The molecule has 1 aliphatic rings. The number of amides is 1. The third-order valence-electron chi connectivity index (χ3n) is 4.77. The number of rotatable bonds is 4. The first-order chi connectivity index (χ1) is 11.7. The van der Waals surface area contributed by atoms with E-state index in [0.29, 0.717) is 6.04 Å². The highest BCUT2D eigenvalue weighted by Gasteiger charge is 2.23. The molecule has 24 heavy (non-hydrogen) atoms. The van der Waals surface area contributed by atoms with Crippen LogP contribution in [0.2, 0.25) is 0 Å². The first-order valence-electron chi connectivity index (χ1n) is 8.68.